The second-order valence-electron chi connectivity index (χ2n) is 4.30. The molecule has 0 saturated heterocycles. The minimum absolute atomic E-state index is 0.265. The summed E-state index contributed by atoms with van der Waals surface area (Å²) in [6.45, 7) is 1.57. The molecule has 22 heavy (non-hydrogen) atoms. The fourth-order valence-corrected chi connectivity index (χ4v) is 3.45. The molecule has 2 aromatic rings. The Labute approximate surface area is 135 Å². The second kappa shape index (κ2) is 7.31. The van der Waals surface area contributed by atoms with Gasteiger partial charge >= 0.3 is 6.03 Å². The van der Waals surface area contributed by atoms with Crippen molar-refractivity contribution in [3.05, 3.63) is 47.1 Å². The van der Waals surface area contributed by atoms with E-state index >= 15 is 0 Å². The van der Waals surface area contributed by atoms with Gasteiger partial charge in [0, 0.05) is 4.90 Å². The van der Waals surface area contributed by atoms with Gasteiger partial charge in [0.1, 0.15) is 11.9 Å². The van der Waals surface area contributed by atoms with Crippen molar-refractivity contribution in [1.82, 2.24) is 5.06 Å². The van der Waals surface area contributed by atoms with Crippen LogP contribution < -0.4 is 5.73 Å². The second-order valence-corrected chi connectivity index (χ2v) is 6.76. The van der Waals surface area contributed by atoms with E-state index in [1.54, 1.807) is 19.1 Å². The zero-order valence-electron chi connectivity index (χ0n) is 11.6. The third kappa shape index (κ3) is 4.49. The molecule has 0 bridgehead atoms. The maximum absolute atomic E-state index is 12.8. The minimum Gasteiger partial charge on any atom is -0.350 e. The lowest BCUT2D eigenvalue weighted by molar-refractivity contribution is -0.0536. The number of carbonyl (C=O) groups excluding carboxylic acids is 1. The lowest BCUT2D eigenvalue weighted by Gasteiger charge is -2.14. The molecule has 1 heterocycles. The summed E-state index contributed by atoms with van der Waals surface area (Å²) >= 11 is 2.99. The van der Waals surface area contributed by atoms with E-state index in [9.17, 15) is 14.4 Å². The monoisotopic (exact) mass is 336 g/mol. The van der Waals surface area contributed by atoms with E-state index in [4.69, 9.17) is 5.73 Å². The van der Waals surface area contributed by atoms with Gasteiger partial charge < -0.3 is 5.73 Å². The van der Waals surface area contributed by atoms with Gasteiger partial charge in [-0.3, -0.25) is 5.21 Å². The van der Waals surface area contributed by atoms with E-state index in [1.165, 1.54) is 35.2 Å². The SMILES string of the molecule is CC(C#Cc1ccc(Sc2ccc(F)cc2)s1)N(O)C(N)=O. The highest BCUT2D eigenvalue weighted by atomic mass is 32.2. The standard InChI is InChI=1S/C15H13FN2O2S2/c1-10(18(20)15(17)19)2-5-12-8-9-14(21-12)22-13-6-3-11(16)4-7-13/h3-4,6-10,20H,1H3,(H2,17,19). The Hall–Kier alpha value is -2.01. The minimum atomic E-state index is -0.944. The molecule has 3 N–H and O–H groups in total. The Balaban J connectivity index is 2.03. The van der Waals surface area contributed by atoms with Crippen LogP contribution in [0.1, 0.15) is 11.8 Å². The van der Waals surface area contributed by atoms with Gasteiger partial charge in [-0.15, -0.1) is 11.3 Å². The van der Waals surface area contributed by atoms with Crippen molar-refractivity contribution < 1.29 is 14.4 Å². The van der Waals surface area contributed by atoms with Crippen LogP contribution >= 0.6 is 23.1 Å². The Morgan fingerprint density at radius 2 is 2.05 bits per heavy atom. The molecule has 0 radical (unpaired) electrons. The molecule has 0 aliphatic rings. The molecule has 1 aromatic heterocycles. The van der Waals surface area contributed by atoms with Crippen molar-refractivity contribution in [1.29, 1.82) is 0 Å². The summed E-state index contributed by atoms with van der Waals surface area (Å²) in [5.74, 6) is 5.36. The predicted molar refractivity (Wildman–Crippen MR) is 84.4 cm³/mol. The van der Waals surface area contributed by atoms with E-state index in [1.807, 2.05) is 12.1 Å². The van der Waals surface area contributed by atoms with E-state index in [0.29, 0.717) is 5.06 Å². The van der Waals surface area contributed by atoms with E-state index in [2.05, 4.69) is 11.8 Å². The summed E-state index contributed by atoms with van der Waals surface area (Å²) in [7, 11) is 0. The molecule has 4 nitrogen and oxygen atoms in total. The van der Waals surface area contributed by atoms with Crippen LogP contribution in [0.15, 0.2) is 45.5 Å². The highest BCUT2D eigenvalue weighted by Gasteiger charge is 2.11. The van der Waals surface area contributed by atoms with Crippen LogP contribution in [0, 0.1) is 17.7 Å². The molecule has 0 aliphatic carbocycles. The number of amides is 2. The highest BCUT2D eigenvalue weighted by molar-refractivity contribution is 8.01. The molecule has 1 atom stereocenters. The zero-order chi connectivity index (χ0) is 16.1. The number of urea groups is 1. The van der Waals surface area contributed by atoms with Gasteiger partial charge in [-0.2, -0.15) is 5.06 Å². The number of rotatable bonds is 3. The molecule has 0 aliphatic heterocycles. The lowest BCUT2D eigenvalue weighted by Crippen LogP contribution is -2.38. The summed E-state index contributed by atoms with van der Waals surface area (Å²) in [4.78, 5) is 12.5. The van der Waals surface area contributed by atoms with Gasteiger partial charge in [-0.05, 0) is 43.3 Å². The van der Waals surface area contributed by atoms with Gasteiger partial charge in [0.05, 0.1) is 9.09 Å². The van der Waals surface area contributed by atoms with Crippen molar-refractivity contribution in [2.24, 2.45) is 5.73 Å². The summed E-state index contributed by atoms with van der Waals surface area (Å²) in [5.41, 5.74) is 4.95. The summed E-state index contributed by atoms with van der Waals surface area (Å²) < 4.78 is 13.9. The van der Waals surface area contributed by atoms with Gasteiger partial charge in [-0.25, -0.2) is 9.18 Å². The topological polar surface area (TPSA) is 66.6 Å². The normalized spacial score (nSPS) is 11.4. The number of nitrogens with two attached hydrogens (primary N) is 1. The molecular formula is C15H13FN2O2S2. The number of benzene rings is 1. The van der Waals surface area contributed by atoms with Crippen molar-refractivity contribution in [3.63, 3.8) is 0 Å². The van der Waals surface area contributed by atoms with Crippen LogP contribution in [0.5, 0.6) is 0 Å². The molecule has 0 saturated carbocycles. The summed E-state index contributed by atoms with van der Waals surface area (Å²) in [5, 5.41) is 9.70. The Bertz CT molecular complexity index is 719. The molecule has 2 amide bonds. The highest BCUT2D eigenvalue weighted by Crippen LogP contribution is 2.33. The molecule has 7 heteroatoms. The number of nitrogens with zero attached hydrogens (tertiary/aromatic N) is 1. The molecule has 1 aromatic carbocycles. The fourth-order valence-electron chi connectivity index (χ4n) is 1.49. The average Bonchev–Trinajstić information content (AvgIpc) is 2.94. The number of hydrogen-bond donors (Lipinski definition) is 2. The largest absolute Gasteiger partial charge is 0.350 e. The lowest BCUT2D eigenvalue weighted by atomic mass is 10.3. The first-order valence-corrected chi connectivity index (χ1v) is 7.91. The summed E-state index contributed by atoms with van der Waals surface area (Å²) in [6, 6.07) is 8.39. The first kappa shape index (κ1) is 16.4. The number of hydroxylamine groups is 2. The number of halogens is 1. The van der Waals surface area contributed by atoms with Crippen LogP contribution in [-0.2, 0) is 0 Å². The van der Waals surface area contributed by atoms with Crippen LogP contribution in [0.3, 0.4) is 0 Å². The third-order valence-electron chi connectivity index (χ3n) is 2.61. The third-order valence-corrected chi connectivity index (χ3v) is 4.75. The maximum atomic E-state index is 12.8. The summed E-state index contributed by atoms with van der Waals surface area (Å²) in [6.07, 6.45) is 0. The Morgan fingerprint density at radius 3 is 2.68 bits per heavy atom. The van der Waals surface area contributed by atoms with Crippen molar-refractivity contribution in [2.45, 2.75) is 22.1 Å². The van der Waals surface area contributed by atoms with Gasteiger partial charge in [-0.1, -0.05) is 23.6 Å². The zero-order valence-corrected chi connectivity index (χ0v) is 13.2. The number of primary amides is 1. The first-order chi connectivity index (χ1) is 10.5. The molecule has 114 valence electrons. The fraction of sp³-hybridized carbons (Fsp3) is 0.133. The first-order valence-electron chi connectivity index (χ1n) is 6.28. The number of carbonyl (C=O) groups is 1. The van der Waals surface area contributed by atoms with Crippen molar-refractivity contribution in [2.75, 3.05) is 0 Å². The van der Waals surface area contributed by atoms with Gasteiger partial charge in [0.25, 0.3) is 0 Å². The van der Waals surface area contributed by atoms with Crippen molar-refractivity contribution >= 4 is 29.1 Å². The molecule has 0 spiro atoms. The van der Waals surface area contributed by atoms with E-state index in [0.717, 1.165) is 14.0 Å². The maximum Gasteiger partial charge on any atom is 0.339 e. The smallest absolute Gasteiger partial charge is 0.339 e. The van der Waals surface area contributed by atoms with E-state index in [-0.39, 0.29) is 5.82 Å². The number of hydrogen-bond acceptors (Lipinski definition) is 4. The average molecular weight is 336 g/mol. The van der Waals surface area contributed by atoms with Gasteiger partial charge in [0.15, 0.2) is 0 Å². The van der Waals surface area contributed by atoms with Crippen LogP contribution in [0.2, 0.25) is 0 Å². The molecule has 2 rings (SSSR count). The number of thiophene rings is 1. The Kier molecular flexibility index (Phi) is 5.44. The van der Waals surface area contributed by atoms with Crippen LogP contribution in [-0.4, -0.2) is 22.3 Å². The van der Waals surface area contributed by atoms with Crippen LogP contribution in [0.4, 0.5) is 9.18 Å². The molecule has 1 unspecified atom stereocenters. The quantitative estimate of drug-likeness (QED) is 0.512. The predicted octanol–water partition coefficient (Wildman–Crippen LogP) is 3.55. The Morgan fingerprint density at radius 1 is 1.36 bits per heavy atom. The van der Waals surface area contributed by atoms with Crippen molar-refractivity contribution in [3.8, 4) is 11.8 Å². The molecular weight excluding hydrogens is 323 g/mol. The molecule has 0 fully saturated rings. The van der Waals surface area contributed by atoms with Crippen LogP contribution in [0.25, 0.3) is 0 Å². The van der Waals surface area contributed by atoms with E-state index < -0.39 is 12.1 Å². The van der Waals surface area contributed by atoms with Gasteiger partial charge in [0.2, 0.25) is 0 Å².